The smallest absolute Gasteiger partial charge is 0.317 e. The molecule has 1 saturated heterocycles. The van der Waals surface area contributed by atoms with Gasteiger partial charge in [0.25, 0.3) is 0 Å². The van der Waals surface area contributed by atoms with Crippen molar-refractivity contribution in [2.24, 2.45) is 0 Å². The third-order valence-corrected chi connectivity index (χ3v) is 3.12. The molecule has 1 fully saturated rings. The number of nitrogens with zero attached hydrogens (tertiary/aromatic N) is 1. The molecule has 1 rings (SSSR count). The minimum absolute atomic E-state index is 0.0153. The molecule has 1 unspecified atom stereocenters. The number of hydrogen-bond acceptors (Lipinski definition) is 3. The summed E-state index contributed by atoms with van der Waals surface area (Å²) in [5, 5.41) is 2.92. The van der Waals surface area contributed by atoms with Gasteiger partial charge in [-0.05, 0) is 19.8 Å². The fourth-order valence-corrected chi connectivity index (χ4v) is 2.13. The average Bonchev–Trinajstić information content (AvgIpc) is 2.59. The summed E-state index contributed by atoms with van der Waals surface area (Å²) >= 11 is 0. The average molecular weight is 244 g/mol. The van der Waals surface area contributed by atoms with Crippen LogP contribution in [-0.2, 0) is 9.47 Å². The maximum absolute atomic E-state index is 12.0. The van der Waals surface area contributed by atoms with Crippen LogP contribution in [0.15, 0.2) is 0 Å². The first-order chi connectivity index (χ1) is 8.19. The number of ether oxygens (including phenoxy) is 2. The normalized spacial score (nSPS) is 18.9. The first kappa shape index (κ1) is 14.3. The van der Waals surface area contributed by atoms with Crippen LogP contribution in [0.2, 0.25) is 0 Å². The van der Waals surface area contributed by atoms with E-state index in [4.69, 9.17) is 9.47 Å². The van der Waals surface area contributed by atoms with Crippen LogP contribution >= 0.6 is 0 Å². The second-order valence-electron chi connectivity index (χ2n) is 4.48. The Morgan fingerprint density at radius 2 is 1.65 bits per heavy atom. The Kier molecular flexibility index (Phi) is 6.29. The Morgan fingerprint density at radius 3 is 2.12 bits per heavy atom. The van der Waals surface area contributed by atoms with Crippen LogP contribution in [0, 0.1) is 0 Å². The van der Waals surface area contributed by atoms with Crippen molar-refractivity contribution in [3.63, 3.8) is 0 Å². The number of nitrogens with one attached hydrogen (secondary N) is 1. The van der Waals surface area contributed by atoms with E-state index in [1.54, 1.807) is 14.2 Å². The minimum Gasteiger partial charge on any atom is -0.354 e. The highest BCUT2D eigenvalue weighted by molar-refractivity contribution is 5.74. The molecule has 0 saturated carbocycles. The van der Waals surface area contributed by atoms with E-state index in [2.05, 4.69) is 5.32 Å². The van der Waals surface area contributed by atoms with Gasteiger partial charge in [0.05, 0.1) is 6.04 Å². The molecule has 5 heteroatoms. The number of hydrogen-bond donors (Lipinski definition) is 1. The molecule has 17 heavy (non-hydrogen) atoms. The lowest BCUT2D eigenvalue weighted by molar-refractivity contribution is -0.117. The number of urea groups is 1. The van der Waals surface area contributed by atoms with Crippen molar-refractivity contribution >= 4 is 6.03 Å². The van der Waals surface area contributed by atoms with Gasteiger partial charge < -0.3 is 19.7 Å². The zero-order chi connectivity index (χ0) is 12.7. The minimum atomic E-state index is -0.397. The lowest BCUT2D eigenvalue weighted by atomic mass is 10.2. The van der Waals surface area contributed by atoms with Crippen LogP contribution in [0.5, 0.6) is 0 Å². The van der Waals surface area contributed by atoms with E-state index >= 15 is 0 Å². The highest BCUT2D eigenvalue weighted by Crippen LogP contribution is 2.10. The van der Waals surface area contributed by atoms with E-state index in [1.165, 1.54) is 12.8 Å². The van der Waals surface area contributed by atoms with E-state index in [9.17, 15) is 4.79 Å². The van der Waals surface area contributed by atoms with Crippen LogP contribution in [-0.4, -0.2) is 50.6 Å². The van der Waals surface area contributed by atoms with E-state index in [1.807, 2.05) is 11.8 Å². The van der Waals surface area contributed by atoms with E-state index in [0.717, 1.165) is 25.9 Å². The molecule has 0 aromatic carbocycles. The van der Waals surface area contributed by atoms with Crippen molar-refractivity contribution in [3.8, 4) is 0 Å². The monoisotopic (exact) mass is 244 g/mol. The summed E-state index contributed by atoms with van der Waals surface area (Å²) in [6.45, 7) is 3.58. The van der Waals surface area contributed by atoms with Crippen LogP contribution in [0.4, 0.5) is 4.79 Å². The third-order valence-electron chi connectivity index (χ3n) is 3.12. The van der Waals surface area contributed by atoms with Gasteiger partial charge in [-0.2, -0.15) is 0 Å². The Labute approximate surface area is 103 Å². The Hall–Kier alpha value is -0.810. The van der Waals surface area contributed by atoms with Crippen LogP contribution in [0.3, 0.4) is 0 Å². The van der Waals surface area contributed by atoms with Gasteiger partial charge in [0, 0.05) is 27.3 Å². The molecule has 0 aromatic rings. The summed E-state index contributed by atoms with van der Waals surface area (Å²) in [6.07, 6.45) is 4.24. The van der Waals surface area contributed by atoms with Gasteiger partial charge >= 0.3 is 6.03 Å². The fraction of sp³-hybridized carbons (Fsp3) is 0.917. The topological polar surface area (TPSA) is 50.8 Å². The molecular formula is C12H24N2O3. The van der Waals surface area contributed by atoms with Gasteiger partial charge in [-0.3, -0.25) is 0 Å². The Bertz CT molecular complexity index is 224. The molecule has 100 valence electrons. The molecule has 0 spiro atoms. The van der Waals surface area contributed by atoms with Gasteiger partial charge in [-0.1, -0.05) is 12.8 Å². The van der Waals surface area contributed by atoms with Crippen LogP contribution in [0.25, 0.3) is 0 Å². The highest BCUT2D eigenvalue weighted by atomic mass is 16.7. The fourth-order valence-electron chi connectivity index (χ4n) is 2.13. The number of likely N-dealkylation sites (tertiary alicyclic amines) is 1. The second kappa shape index (κ2) is 7.50. The van der Waals surface area contributed by atoms with Crippen molar-refractivity contribution in [2.75, 3.05) is 27.3 Å². The highest BCUT2D eigenvalue weighted by Gasteiger charge is 2.21. The molecule has 5 nitrogen and oxygen atoms in total. The predicted molar refractivity (Wildman–Crippen MR) is 65.8 cm³/mol. The SMILES string of the molecule is COC(OC)C(C)NC(=O)N1CCCCCC1. The van der Waals surface area contributed by atoms with Crippen LogP contribution < -0.4 is 5.32 Å². The van der Waals surface area contributed by atoms with Crippen molar-refractivity contribution < 1.29 is 14.3 Å². The van der Waals surface area contributed by atoms with Crippen molar-refractivity contribution in [1.82, 2.24) is 10.2 Å². The van der Waals surface area contributed by atoms with Gasteiger partial charge in [-0.25, -0.2) is 4.79 Å². The number of rotatable bonds is 4. The van der Waals surface area contributed by atoms with Crippen molar-refractivity contribution in [2.45, 2.75) is 44.9 Å². The molecule has 0 radical (unpaired) electrons. The summed E-state index contributed by atoms with van der Waals surface area (Å²) in [4.78, 5) is 13.9. The largest absolute Gasteiger partial charge is 0.354 e. The number of amides is 2. The molecule has 2 amide bonds. The molecule has 1 aliphatic rings. The van der Waals surface area contributed by atoms with Gasteiger partial charge in [0.15, 0.2) is 6.29 Å². The second-order valence-corrected chi connectivity index (χ2v) is 4.48. The summed E-state index contributed by atoms with van der Waals surface area (Å²) in [7, 11) is 3.14. The predicted octanol–water partition coefficient (Wildman–Crippen LogP) is 1.58. The van der Waals surface area contributed by atoms with E-state index in [-0.39, 0.29) is 12.1 Å². The summed E-state index contributed by atoms with van der Waals surface area (Å²) in [5.41, 5.74) is 0. The first-order valence-corrected chi connectivity index (χ1v) is 6.30. The molecule has 1 N–H and O–H groups in total. The lowest BCUT2D eigenvalue weighted by Crippen LogP contribution is -2.49. The Balaban J connectivity index is 2.41. The van der Waals surface area contributed by atoms with Gasteiger partial charge in [0.1, 0.15) is 0 Å². The molecule has 0 aliphatic carbocycles. The third kappa shape index (κ3) is 4.52. The molecule has 1 heterocycles. The molecule has 0 bridgehead atoms. The lowest BCUT2D eigenvalue weighted by Gasteiger charge is -2.26. The molecular weight excluding hydrogens is 220 g/mol. The summed E-state index contributed by atoms with van der Waals surface area (Å²) < 4.78 is 10.2. The van der Waals surface area contributed by atoms with Crippen molar-refractivity contribution in [3.05, 3.63) is 0 Å². The number of carbonyl (C=O) groups is 1. The van der Waals surface area contributed by atoms with Crippen LogP contribution in [0.1, 0.15) is 32.6 Å². The summed E-state index contributed by atoms with van der Waals surface area (Å²) in [5.74, 6) is 0. The zero-order valence-corrected chi connectivity index (χ0v) is 11.1. The Morgan fingerprint density at radius 1 is 1.12 bits per heavy atom. The maximum Gasteiger partial charge on any atom is 0.317 e. The maximum atomic E-state index is 12.0. The van der Waals surface area contributed by atoms with Gasteiger partial charge in [-0.15, -0.1) is 0 Å². The zero-order valence-electron chi connectivity index (χ0n) is 11.1. The number of carbonyl (C=O) groups excluding carboxylic acids is 1. The quantitative estimate of drug-likeness (QED) is 0.764. The number of methoxy groups -OCH3 is 2. The van der Waals surface area contributed by atoms with Crippen molar-refractivity contribution in [1.29, 1.82) is 0 Å². The first-order valence-electron chi connectivity index (χ1n) is 6.30. The van der Waals surface area contributed by atoms with E-state index in [0.29, 0.717) is 0 Å². The molecule has 0 aromatic heterocycles. The summed E-state index contributed by atoms with van der Waals surface area (Å²) in [6, 6.07) is -0.167. The molecule has 1 aliphatic heterocycles. The van der Waals surface area contributed by atoms with Gasteiger partial charge in [0.2, 0.25) is 0 Å². The standard InChI is InChI=1S/C12H24N2O3/c1-10(11(16-2)17-3)13-12(15)14-8-6-4-5-7-9-14/h10-11H,4-9H2,1-3H3,(H,13,15). The van der Waals surface area contributed by atoms with E-state index < -0.39 is 6.29 Å². The molecule has 1 atom stereocenters.